The third-order valence-electron chi connectivity index (χ3n) is 2.24. The van der Waals surface area contributed by atoms with Gasteiger partial charge in [0.05, 0.1) is 16.4 Å². The van der Waals surface area contributed by atoms with Crippen molar-refractivity contribution in [1.29, 1.82) is 0 Å². The summed E-state index contributed by atoms with van der Waals surface area (Å²) in [6, 6.07) is 0. The van der Waals surface area contributed by atoms with Crippen molar-refractivity contribution in [3.8, 4) is 0 Å². The van der Waals surface area contributed by atoms with E-state index in [1.54, 1.807) is 17.4 Å². The predicted octanol–water partition coefficient (Wildman–Crippen LogP) is 1.26. The van der Waals surface area contributed by atoms with Gasteiger partial charge in [0.25, 0.3) is 0 Å². The minimum absolute atomic E-state index is 0.00785. The Morgan fingerprint density at radius 2 is 2.07 bits per heavy atom. The number of carbonyl (C=O) groups is 1. The van der Waals surface area contributed by atoms with Gasteiger partial charge in [-0.1, -0.05) is 0 Å². The number of aromatic nitrogens is 2. The van der Waals surface area contributed by atoms with Crippen molar-refractivity contribution in [1.82, 2.24) is 15.4 Å². The molecule has 1 aliphatic heterocycles. The molecule has 0 aliphatic carbocycles. The van der Waals surface area contributed by atoms with Crippen molar-refractivity contribution in [2.45, 2.75) is 25.8 Å². The Labute approximate surface area is 96.0 Å². The van der Waals surface area contributed by atoms with Gasteiger partial charge >= 0.3 is 0 Å². The van der Waals surface area contributed by atoms with Crippen LogP contribution in [0.15, 0.2) is 16.9 Å². The molecule has 5 nitrogen and oxygen atoms in total. The zero-order chi connectivity index (χ0) is 11.1. The fraction of sp³-hybridized carbons (Fsp3) is 0.444. The number of halogens is 1. The molecule has 0 atom stereocenters. The molecular weight excluding hydrogens is 260 g/mol. The lowest BCUT2D eigenvalue weighted by molar-refractivity contribution is -0.119. The van der Waals surface area contributed by atoms with E-state index in [0.717, 1.165) is 4.47 Å². The fourth-order valence-corrected chi connectivity index (χ4v) is 1.73. The van der Waals surface area contributed by atoms with Gasteiger partial charge in [0.1, 0.15) is 0 Å². The van der Waals surface area contributed by atoms with E-state index in [4.69, 9.17) is 0 Å². The quantitative estimate of drug-likeness (QED) is 0.835. The Balaban J connectivity index is 2.31. The second kappa shape index (κ2) is 3.44. The standard InChI is InChI=1S/C9H11BrN4O/c1-9(2)3-7(15)13-14(9)8-11-4-6(10)5-12-8/h4-5H,3H2,1-2H3,(H,13,15). The summed E-state index contributed by atoms with van der Waals surface area (Å²) in [5.41, 5.74) is 2.45. The van der Waals surface area contributed by atoms with E-state index < -0.39 is 0 Å². The van der Waals surface area contributed by atoms with E-state index in [9.17, 15) is 4.79 Å². The Morgan fingerprint density at radius 1 is 1.47 bits per heavy atom. The summed E-state index contributed by atoms with van der Waals surface area (Å²) in [6.45, 7) is 3.94. The zero-order valence-electron chi connectivity index (χ0n) is 8.49. The van der Waals surface area contributed by atoms with Crippen molar-refractivity contribution < 1.29 is 4.79 Å². The Morgan fingerprint density at radius 3 is 2.53 bits per heavy atom. The Kier molecular flexibility index (Phi) is 2.38. The lowest BCUT2D eigenvalue weighted by atomic mass is 10.0. The largest absolute Gasteiger partial charge is 0.273 e. The first kappa shape index (κ1) is 10.4. The lowest BCUT2D eigenvalue weighted by Crippen LogP contribution is -2.45. The minimum Gasteiger partial charge on any atom is -0.273 e. The van der Waals surface area contributed by atoms with E-state index in [2.05, 4.69) is 31.3 Å². The first-order valence-electron chi connectivity index (χ1n) is 4.56. The van der Waals surface area contributed by atoms with Crippen molar-refractivity contribution in [3.63, 3.8) is 0 Å². The topological polar surface area (TPSA) is 58.1 Å². The van der Waals surface area contributed by atoms with Gasteiger partial charge in [-0.3, -0.25) is 10.2 Å². The maximum atomic E-state index is 11.3. The molecular formula is C9H11BrN4O. The third kappa shape index (κ3) is 1.94. The average Bonchev–Trinajstić information content (AvgIpc) is 2.41. The molecule has 1 N–H and O–H groups in total. The van der Waals surface area contributed by atoms with Crippen LogP contribution < -0.4 is 10.4 Å². The van der Waals surface area contributed by atoms with E-state index in [0.29, 0.717) is 12.4 Å². The monoisotopic (exact) mass is 270 g/mol. The van der Waals surface area contributed by atoms with Crippen LogP contribution in [0.3, 0.4) is 0 Å². The first-order chi connectivity index (χ1) is 6.99. The number of anilines is 1. The molecule has 1 amide bonds. The minimum atomic E-state index is -0.287. The van der Waals surface area contributed by atoms with Crippen LogP contribution >= 0.6 is 15.9 Å². The highest BCUT2D eigenvalue weighted by Gasteiger charge is 2.38. The second-order valence-electron chi connectivity index (χ2n) is 4.06. The molecule has 1 aromatic heterocycles. The highest BCUT2D eigenvalue weighted by molar-refractivity contribution is 9.10. The van der Waals surface area contributed by atoms with Gasteiger partial charge in [0.15, 0.2) is 0 Å². The summed E-state index contributed by atoms with van der Waals surface area (Å²) in [7, 11) is 0. The van der Waals surface area contributed by atoms with Crippen LogP contribution in [0, 0.1) is 0 Å². The summed E-state index contributed by atoms with van der Waals surface area (Å²) in [5, 5.41) is 1.70. The molecule has 2 heterocycles. The number of carbonyl (C=O) groups excluding carboxylic acids is 1. The summed E-state index contributed by atoms with van der Waals surface area (Å²) >= 11 is 3.26. The molecule has 1 saturated heterocycles. The van der Waals surface area contributed by atoms with Crippen LogP contribution in [0.2, 0.25) is 0 Å². The third-order valence-corrected chi connectivity index (χ3v) is 2.65. The number of nitrogens with zero attached hydrogens (tertiary/aromatic N) is 3. The summed E-state index contributed by atoms with van der Waals surface area (Å²) < 4.78 is 0.814. The molecule has 6 heteroatoms. The highest BCUT2D eigenvalue weighted by Crippen LogP contribution is 2.26. The molecule has 0 bridgehead atoms. The molecule has 1 aliphatic rings. The number of hydrogen-bond acceptors (Lipinski definition) is 4. The number of rotatable bonds is 1. The fourth-order valence-electron chi connectivity index (χ4n) is 1.53. The van der Waals surface area contributed by atoms with Crippen molar-refractivity contribution in [2.24, 2.45) is 0 Å². The Bertz CT molecular complexity index is 390. The van der Waals surface area contributed by atoms with Crippen molar-refractivity contribution in [3.05, 3.63) is 16.9 Å². The molecule has 0 saturated carbocycles. The predicted molar refractivity (Wildman–Crippen MR) is 59.0 cm³/mol. The van der Waals surface area contributed by atoms with E-state index in [-0.39, 0.29) is 11.4 Å². The summed E-state index contributed by atoms with van der Waals surface area (Å²) in [4.78, 5) is 19.6. The number of hydrogen-bond donors (Lipinski definition) is 1. The van der Waals surface area contributed by atoms with Gasteiger partial charge in [-0.05, 0) is 29.8 Å². The van der Waals surface area contributed by atoms with Crippen LogP contribution in [0.1, 0.15) is 20.3 Å². The van der Waals surface area contributed by atoms with Crippen molar-refractivity contribution >= 4 is 27.8 Å². The summed E-state index contributed by atoms with van der Waals surface area (Å²) in [5.74, 6) is 0.501. The second-order valence-corrected chi connectivity index (χ2v) is 4.98. The number of amides is 1. The smallest absolute Gasteiger partial charge is 0.244 e. The Hall–Kier alpha value is -1.17. The molecule has 0 spiro atoms. The van der Waals surface area contributed by atoms with Crippen LogP contribution in [0.5, 0.6) is 0 Å². The molecule has 0 aromatic carbocycles. The maximum Gasteiger partial charge on any atom is 0.244 e. The van der Waals surface area contributed by atoms with Gasteiger partial charge in [0, 0.05) is 12.4 Å². The zero-order valence-corrected chi connectivity index (χ0v) is 10.1. The van der Waals surface area contributed by atoms with E-state index in [1.807, 2.05) is 13.8 Å². The molecule has 0 unspecified atom stereocenters. The van der Waals surface area contributed by atoms with Crippen LogP contribution in [-0.2, 0) is 4.79 Å². The van der Waals surface area contributed by atoms with Crippen LogP contribution in [0.25, 0.3) is 0 Å². The molecule has 15 heavy (non-hydrogen) atoms. The van der Waals surface area contributed by atoms with Crippen LogP contribution in [-0.4, -0.2) is 21.4 Å². The molecule has 2 rings (SSSR count). The molecule has 0 radical (unpaired) electrons. The van der Waals surface area contributed by atoms with Gasteiger partial charge in [-0.2, -0.15) is 0 Å². The maximum absolute atomic E-state index is 11.3. The number of hydrazine groups is 1. The summed E-state index contributed by atoms with van der Waals surface area (Å²) in [6.07, 6.45) is 3.76. The van der Waals surface area contributed by atoms with E-state index >= 15 is 0 Å². The molecule has 1 fully saturated rings. The molecule has 1 aromatic rings. The SMILES string of the molecule is CC1(C)CC(=O)NN1c1ncc(Br)cn1. The van der Waals surface area contributed by atoms with Gasteiger partial charge in [-0.25, -0.2) is 15.0 Å². The molecule has 80 valence electrons. The number of nitrogens with one attached hydrogen (secondary N) is 1. The van der Waals surface area contributed by atoms with Crippen LogP contribution in [0.4, 0.5) is 5.95 Å². The first-order valence-corrected chi connectivity index (χ1v) is 5.35. The normalized spacial score (nSPS) is 19.1. The van der Waals surface area contributed by atoms with Crippen molar-refractivity contribution in [2.75, 3.05) is 5.01 Å². The average molecular weight is 271 g/mol. The van der Waals surface area contributed by atoms with Gasteiger partial charge in [0.2, 0.25) is 11.9 Å². The lowest BCUT2D eigenvalue weighted by Gasteiger charge is -2.29. The van der Waals surface area contributed by atoms with Gasteiger partial charge < -0.3 is 0 Å². The highest BCUT2D eigenvalue weighted by atomic mass is 79.9. The van der Waals surface area contributed by atoms with Gasteiger partial charge in [-0.15, -0.1) is 0 Å². The van der Waals surface area contributed by atoms with E-state index in [1.165, 1.54) is 0 Å².